The minimum absolute atomic E-state index is 0.00672. The first-order valence-corrected chi connectivity index (χ1v) is 6.40. The highest BCUT2D eigenvalue weighted by Gasteiger charge is 2.31. The Balaban J connectivity index is 2.16. The molecule has 110 valence electrons. The number of urea groups is 1. The van der Waals surface area contributed by atoms with E-state index in [0.29, 0.717) is 17.8 Å². The fraction of sp³-hybridized carbons (Fsp3) is 0.357. The Morgan fingerprint density at radius 3 is 2.86 bits per heavy atom. The highest BCUT2D eigenvalue weighted by atomic mass is 16.5. The van der Waals surface area contributed by atoms with E-state index < -0.39 is 12.1 Å². The molecule has 1 saturated heterocycles. The lowest BCUT2D eigenvalue weighted by molar-refractivity contribution is -0.154. The molecule has 0 aromatic heterocycles. The first kappa shape index (κ1) is 14.8. The van der Waals surface area contributed by atoms with Gasteiger partial charge in [0.2, 0.25) is 0 Å². The SMILES string of the molecule is CN(C(=O)N1CCOC(C(=O)O)C1)c1ccccc1C#N. The number of carboxylic acid groups (broad SMARTS) is 1. The first-order chi connectivity index (χ1) is 10.0. The van der Waals surface area contributed by atoms with Gasteiger partial charge in [0, 0.05) is 13.6 Å². The zero-order valence-electron chi connectivity index (χ0n) is 11.5. The van der Waals surface area contributed by atoms with E-state index in [1.165, 1.54) is 9.80 Å². The molecule has 1 heterocycles. The van der Waals surface area contributed by atoms with Crippen molar-refractivity contribution in [1.82, 2.24) is 4.90 Å². The van der Waals surface area contributed by atoms with Gasteiger partial charge in [0.1, 0.15) is 6.07 Å². The van der Waals surface area contributed by atoms with E-state index in [1.807, 2.05) is 6.07 Å². The molecule has 1 N–H and O–H groups in total. The number of morpholine rings is 1. The van der Waals surface area contributed by atoms with Crippen molar-refractivity contribution in [3.8, 4) is 6.07 Å². The predicted molar refractivity (Wildman–Crippen MR) is 73.9 cm³/mol. The highest BCUT2D eigenvalue weighted by Crippen LogP contribution is 2.20. The van der Waals surface area contributed by atoms with Gasteiger partial charge in [-0.15, -0.1) is 0 Å². The van der Waals surface area contributed by atoms with Gasteiger partial charge in [-0.3, -0.25) is 4.90 Å². The largest absolute Gasteiger partial charge is 0.479 e. The van der Waals surface area contributed by atoms with Crippen LogP contribution in [-0.4, -0.2) is 54.9 Å². The molecule has 0 spiro atoms. The molecule has 0 saturated carbocycles. The fourth-order valence-electron chi connectivity index (χ4n) is 2.15. The van der Waals surface area contributed by atoms with Crippen LogP contribution >= 0.6 is 0 Å². The molecule has 7 heteroatoms. The number of aliphatic carboxylic acids is 1. The fourth-order valence-corrected chi connectivity index (χ4v) is 2.15. The minimum Gasteiger partial charge on any atom is -0.479 e. The van der Waals surface area contributed by atoms with Crippen molar-refractivity contribution >= 4 is 17.7 Å². The summed E-state index contributed by atoms with van der Waals surface area (Å²) >= 11 is 0. The normalized spacial score (nSPS) is 17.9. The number of para-hydroxylation sites is 1. The summed E-state index contributed by atoms with van der Waals surface area (Å²) in [5.74, 6) is -1.09. The highest BCUT2D eigenvalue weighted by molar-refractivity contribution is 5.93. The van der Waals surface area contributed by atoms with Gasteiger partial charge >= 0.3 is 12.0 Å². The van der Waals surface area contributed by atoms with Crippen molar-refractivity contribution in [3.05, 3.63) is 29.8 Å². The third-order valence-electron chi connectivity index (χ3n) is 3.29. The minimum atomic E-state index is -1.09. The standard InChI is InChI=1S/C14H15N3O4/c1-16(11-5-3-2-4-10(11)8-15)14(20)17-6-7-21-12(9-17)13(18)19/h2-5,12H,6-7,9H2,1H3,(H,18,19). The maximum Gasteiger partial charge on any atom is 0.334 e. The second kappa shape index (κ2) is 6.24. The van der Waals surface area contributed by atoms with Crippen LogP contribution in [0.4, 0.5) is 10.5 Å². The summed E-state index contributed by atoms with van der Waals surface area (Å²) in [6.45, 7) is 0.491. The van der Waals surface area contributed by atoms with Crippen LogP contribution in [-0.2, 0) is 9.53 Å². The molecule has 0 bridgehead atoms. The molecule has 0 radical (unpaired) electrons. The first-order valence-electron chi connectivity index (χ1n) is 6.40. The number of rotatable bonds is 2. The molecule has 1 aliphatic rings. The van der Waals surface area contributed by atoms with E-state index in [0.717, 1.165) is 0 Å². The van der Waals surface area contributed by atoms with Gasteiger partial charge in [-0.25, -0.2) is 9.59 Å². The van der Waals surface area contributed by atoms with Crippen molar-refractivity contribution in [3.63, 3.8) is 0 Å². The quantitative estimate of drug-likeness (QED) is 0.873. The van der Waals surface area contributed by atoms with Crippen LogP contribution in [0.2, 0.25) is 0 Å². The topological polar surface area (TPSA) is 93.9 Å². The van der Waals surface area contributed by atoms with Gasteiger partial charge in [-0.2, -0.15) is 5.26 Å². The molecule has 1 fully saturated rings. The number of ether oxygens (including phenoxy) is 1. The van der Waals surface area contributed by atoms with Gasteiger partial charge in [-0.05, 0) is 12.1 Å². The summed E-state index contributed by atoms with van der Waals surface area (Å²) in [6.07, 6.45) is -1.01. The summed E-state index contributed by atoms with van der Waals surface area (Å²) in [5.41, 5.74) is 0.875. The van der Waals surface area contributed by atoms with Gasteiger partial charge < -0.3 is 14.7 Å². The lowest BCUT2D eigenvalue weighted by Crippen LogP contribution is -2.52. The number of nitrogens with zero attached hydrogens (tertiary/aromatic N) is 3. The summed E-state index contributed by atoms with van der Waals surface area (Å²) in [5, 5.41) is 18.0. The molecule has 2 amide bonds. The number of hydrogen-bond acceptors (Lipinski definition) is 4. The number of carbonyl (C=O) groups is 2. The molecule has 1 unspecified atom stereocenters. The Kier molecular flexibility index (Phi) is 4.40. The Morgan fingerprint density at radius 1 is 1.48 bits per heavy atom. The number of anilines is 1. The molecular weight excluding hydrogens is 274 g/mol. The molecule has 0 aliphatic carbocycles. The zero-order valence-corrected chi connectivity index (χ0v) is 11.5. The van der Waals surface area contributed by atoms with Crippen LogP contribution in [0.5, 0.6) is 0 Å². The van der Waals surface area contributed by atoms with E-state index in [2.05, 4.69) is 0 Å². The lowest BCUT2D eigenvalue weighted by atomic mass is 10.2. The van der Waals surface area contributed by atoms with Gasteiger partial charge in [0.25, 0.3) is 0 Å². The van der Waals surface area contributed by atoms with Crippen LogP contribution in [0.3, 0.4) is 0 Å². The number of nitriles is 1. The van der Waals surface area contributed by atoms with Crippen LogP contribution in [0, 0.1) is 11.3 Å². The second-order valence-electron chi connectivity index (χ2n) is 4.61. The van der Waals surface area contributed by atoms with Crippen LogP contribution in [0.15, 0.2) is 24.3 Å². The Morgan fingerprint density at radius 2 is 2.19 bits per heavy atom. The average Bonchev–Trinajstić information content (AvgIpc) is 2.53. The van der Waals surface area contributed by atoms with Crippen LogP contribution < -0.4 is 4.90 Å². The number of carboxylic acids is 1. The summed E-state index contributed by atoms with van der Waals surface area (Å²) < 4.78 is 5.09. The summed E-state index contributed by atoms with van der Waals surface area (Å²) in [4.78, 5) is 26.1. The smallest absolute Gasteiger partial charge is 0.334 e. The molecule has 1 aromatic carbocycles. The van der Waals surface area contributed by atoms with E-state index in [1.54, 1.807) is 31.3 Å². The van der Waals surface area contributed by atoms with Crippen molar-refractivity contribution in [2.24, 2.45) is 0 Å². The average molecular weight is 289 g/mol. The summed E-state index contributed by atoms with van der Waals surface area (Å²) in [7, 11) is 1.56. The number of hydrogen-bond donors (Lipinski definition) is 1. The molecular formula is C14H15N3O4. The lowest BCUT2D eigenvalue weighted by Gasteiger charge is -2.33. The van der Waals surface area contributed by atoms with E-state index in [9.17, 15) is 9.59 Å². The third-order valence-corrected chi connectivity index (χ3v) is 3.29. The summed E-state index contributed by atoms with van der Waals surface area (Å²) in [6, 6.07) is 8.42. The monoisotopic (exact) mass is 289 g/mol. The molecule has 1 aromatic rings. The Bertz CT molecular complexity index is 596. The number of carbonyl (C=O) groups excluding carboxylic acids is 1. The van der Waals surface area contributed by atoms with Gasteiger partial charge in [0.05, 0.1) is 24.4 Å². The Hall–Kier alpha value is -2.59. The van der Waals surface area contributed by atoms with E-state index in [-0.39, 0.29) is 19.2 Å². The molecule has 2 rings (SSSR count). The Labute approximate surface area is 121 Å². The van der Waals surface area contributed by atoms with Gasteiger partial charge in [0.15, 0.2) is 6.10 Å². The molecule has 7 nitrogen and oxygen atoms in total. The van der Waals surface area contributed by atoms with Crippen LogP contribution in [0.25, 0.3) is 0 Å². The number of benzene rings is 1. The maximum atomic E-state index is 12.4. The van der Waals surface area contributed by atoms with Crippen molar-refractivity contribution in [2.45, 2.75) is 6.10 Å². The van der Waals surface area contributed by atoms with Crippen molar-refractivity contribution < 1.29 is 19.4 Å². The predicted octanol–water partition coefficient (Wildman–Crippen LogP) is 0.900. The molecule has 1 atom stereocenters. The molecule has 1 aliphatic heterocycles. The third kappa shape index (κ3) is 3.12. The van der Waals surface area contributed by atoms with E-state index >= 15 is 0 Å². The second-order valence-corrected chi connectivity index (χ2v) is 4.61. The van der Waals surface area contributed by atoms with Crippen molar-refractivity contribution in [1.29, 1.82) is 5.26 Å². The van der Waals surface area contributed by atoms with Gasteiger partial charge in [-0.1, -0.05) is 12.1 Å². The maximum absolute atomic E-state index is 12.4. The zero-order chi connectivity index (χ0) is 15.4. The van der Waals surface area contributed by atoms with Crippen LogP contribution in [0.1, 0.15) is 5.56 Å². The number of amides is 2. The molecule has 21 heavy (non-hydrogen) atoms. The van der Waals surface area contributed by atoms with E-state index in [4.69, 9.17) is 15.1 Å². The van der Waals surface area contributed by atoms with Crippen molar-refractivity contribution in [2.75, 3.05) is 31.6 Å².